The molecular formula is C23H27N5O5. The van der Waals surface area contributed by atoms with Gasteiger partial charge in [-0.15, -0.1) is 0 Å². The third-order valence-electron chi connectivity index (χ3n) is 4.69. The van der Waals surface area contributed by atoms with Gasteiger partial charge in [0.05, 0.1) is 5.69 Å². The smallest absolute Gasteiger partial charge is 0.441 e. The highest BCUT2D eigenvalue weighted by atomic mass is 16.6. The van der Waals surface area contributed by atoms with Gasteiger partial charge < -0.3 is 9.57 Å². The number of hydrogen-bond acceptors (Lipinski definition) is 8. The van der Waals surface area contributed by atoms with Gasteiger partial charge in [-0.25, -0.2) is 14.6 Å². The molecule has 0 aliphatic carbocycles. The van der Waals surface area contributed by atoms with Crippen molar-refractivity contribution >= 4 is 17.6 Å². The predicted octanol–water partition coefficient (Wildman–Crippen LogP) is 3.86. The largest absolute Gasteiger partial charge is 0.443 e. The monoisotopic (exact) mass is 453 g/mol. The van der Waals surface area contributed by atoms with Crippen LogP contribution in [0.2, 0.25) is 0 Å². The number of nitrogens with one attached hydrogen (secondary N) is 1. The van der Waals surface area contributed by atoms with Crippen molar-refractivity contribution in [2.45, 2.75) is 45.8 Å². The first-order valence-electron chi connectivity index (χ1n) is 10.5. The second kappa shape index (κ2) is 10.6. The Morgan fingerprint density at radius 1 is 1.18 bits per heavy atom. The number of oxime groups is 1. The molecule has 174 valence electrons. The molecule has 2 aromatic heterocycles. The van der Waals surface area contributed by atoms with E-state index >= 15 is 0 Å². The lowest BCUT2D eigenvalue weighted by molar-refractivity contribution is 0.0418. The van der Waals surface area contributed by atoms with Crippen molar-refractivity contribution in [1.29, 1.82) is 0 Å². The van der Waals surface area contributed by atoms with Crippen LogP contribution in [-0.4, -0.2) is 32.1 Å². The first-order valence-corrected chi connectivity index (χ1v) is 10.5. The van der Waals surface area contributed by atoms with Crippen molar-refractivity contribution in [3.05, 3.63) is 76.2 Å². The summed E-state index contributed by atoms with van der Waals surface area (Å²) in [6.45, 7) is 5.78. The van der Waals surface area contributed by atoms with Crippen LogP contribution in [0, 0.1) is 0 Å². The summed E-state index contributed by atoms with van der Waals surface area (Å²) in [5.41, 5.74) is 0.997. The molecule has 10 heteroatoms. The predicted molar refractivity (Wildman–Crippen MR) is 122 cm³/mol. The lowest BCUT2D eigenvalue weighted by atomic mass is 10.0. The molecule has 0 spiro atoms. The van der Waals surface area contributed by atoms with Gasteiger partial charge in [-0.3, -0.25) is 14.4 Å². The maximum absolute atomic E-state index is 12.2. The molecule has 0 aliphatic heterocycles. The van der Waals surface area contributed by atoms with Crippen molar-refractivity contribution in [3.63, 3.8) is 0 Å². The minimum Gasteiger partial charge on any atom is -0.443 e. The molecule has 3 rings (SSSR count). The van der Waals surface area contributed by atoms with Crippen molar-refractivity contribution in [3.8, 4) is 0 Å². The Kier molecular flexibility index (Phi) is 7.60. The molecule has 3 aromatic rings. The first kappa shape index (κ1) is 23.7. The van der Waals surface area contributed by atoms with E-state index in [1.807, 2.05) is 51.1 Å². The third-order valence-corrected chi connectivity index (χ3v) is 4.69. The number of nitrogens with zero attached hydrogens (tertiary/aromatic N) is 4. The van der Waals surface area contributed by atoms with E-state index in [2.05, 4.69) is 20.6 Å². The second-order valence-electron chi connectivity index (χ2n) is 7.95. The van der Waals surface area contributed by atoms with E-state index < -0.39 is 17.5 Å². The van der Waals surface area contributed by atoms with Crippen LogP contribution in [0.3, 0.4) is 0 Å². The lowest BCUT2D eigenvalue weighted by Gasteiger charge is -2.24. The molecule has 0 unspecified atom stereocenters. The molecule has 0 bridgehead atoms. The van der Waals surface area contributed by atoms with Gasteiger partial charge >= 0.3 is 11.8 Å². The topological polar surface area (TPSA) is 121 Å². The molecule has 1 aromatic carbocycles. The minimum absolute atomic E-state index is 0.0219. The number of pyridine rings is 1. The van der Waals surface area contributed by atoms with E-state index in [1.165, 1.54) is 11.6 Å². The van der Waals surface area contributed by atoms with Crippen LogP contribution in [0.5, 0.6) is 0 Å². The van der Waals surface area contributed by atoms with E-state index in [0.29, 0.717) is 22.8 Å². The number of benzene rings is 1. The molecule has 2 heterocycles. The van der Waals surface area contributed by atoms with Gasteiger partial charge in [-0.1, -0.05) is 60.1 Å². The summed E-state index contributed by atoms with van der Waals surface area (Å²) in [5.74, 6) is -0.0466. The highest BCUT2D eigenvalue weighted by Gasteiger charge is 2.22. The number of carbonyl (C=O) groups excluding carboxylic acids is 1. The van der Waals surface area contributed by atoms with Crippen LogP contribution >= 0.6 is 0 Å². The first-order chi connectivity index (χ1) is 15.8. The van der Waals surface area contributed by atoms with Crippen LogP contribution < -0.4 is 11.1 Å². The molecule has 1 amide bonds. The Bertz CT molecular complexity index is 1170. The lowest BCUT2D eigenvalue weighted by Crippen LogP contribution is -2.30. The van der Waals surface area contributed by atoms with E-state index in [9.17, 15) is 9.59 Å². The maximum Gasteiger partial charge on any atom is 0.441 e. The zero-order valence-electron chi connectivity index (χ0n) is 19.1. The number of anilines is 1. The summed E-state index contributed by atoms with van der Waals surface area (Å²) in [6.07, 6.45) is 1.08. The number of hydrogen-bond donors (Lipinski definition) is 1. The highest BCUT2D eigenvalue weighted by Crippen LogP contribution is 2.18. The summed E-state index contributed by atoms with van der Waals surface area (Å²) >= 11 is 0. The van der Waals surface area contributed by atoms with Gasteiger partial charge in [0.15, 0.2) is 12.3 Å². The molecule has 33 heavy (non-hydrogen) atoms. The molecule has 1 N–H and O–H groups in total. The fourth-order valence-corrected chi connectivity index (χ4v) is 3.14. The van der Waals surface area contributed by atoms with Gasteiger partial charge in [0.2, 0.25) is 5.82 Å². The van der Waals surface area contributed by atoms with Gasteiger partial charge in [-0.2, -0.15) is 0 Å². The van der Waals surface area contributed by atoms with Gasteiger partial charge in [-0.05, 0) is 32.4 Å². The number of ether oxygens (including phenoxy) is 1. The zero-order chi connectivity index (χ0) is 23.8. The summed E-state index contributed by atoms with van der Waals surface area (Å²) in [6, 6.07) is 14.3. The van der Waals surface area contributed by atoms with Crippen molar-refractivity contribution in [1.82, 2.24) is 14.7 Å². The van der Waals surface area contributed by atoms with E-state index in [-0.39, 0.29) is 12.4 Å². The van der Waals surface area contributed by atoms with Crippen LogP contribution in [-0.2, 0) is 23.2 Å². The Labute approximate surface area is 191 Å². The molecule has 0 fully saturated rings. The summed E-state index contributed by atoms with van der Waals surface area (Å²) in [7, 11) is 1.53. The number of carbonyl (C=O) groups is 1. The second-order valence-corrected chi connectivity index (χ2v) is 7.95. The molecule has 0 saturated carbocycles. The van der Waals surface area contributed by atoms with E-state index in [0.717, 1.165) is 12.8 Å². The van der Waals surface area contributed by atoms with Crippen LogP contribution in [0.4, 0.5) is 10.6 Å². The summed E-state index contributed by atoms with van der Waals surface area (Å²) < 4.78 is 11.4. The molecule has 0 atom stereocenters. The Hall–Kier alpha value is -3.95. The Morgan fingerprint density at radius 2 is 1.94 bits per heavy atom. The number of amides is 1. The quantitative estimate of drug-likeness (QED) is 0.386. The van der Waals surface area contributed by atoms with Crippen LogP contribution in [0.25, 0.3) is 0 Å². The van der Waals surface area contributed by atoms with Gasteiger partial charge in [0, 0.05) is 12.6 Å². The van der Waals surface area contributed by atoms with Crippen molar-refractivity contribution in [2.24, 2.45) is 12.2 Å². The fraction of sp³-hybridized carbons (Fsp3) is 0.348. The van der Waals surface area contributed by atoms with Gasteiger partial charge in [0.1, 0.15) is 11.4 Å². The molecule has 0 saturated heterocycles. The van der Waals surface area contributed by atoms with Crippen LogP contribution in [0.1, 0.15) is 50.7 Å². The summed E-state index contributed by atoms with van der Waals surface area (Å²) in [5, 5.41) is 10.6. The average molecular weight is 453 g/mol. The number of rotatable bonds is 9. The number of aromatic nitrogens is 3. The van der Waals surface area contributed by atoms with E-state index in [4.69, 9.17) is 14.1 Å². The average Bonchev–Trinajstić information content (AvgIpc) is 3.10. The van der Waals surface area contributed by atoms with Crippen molar-refractivity contribution in [2.75, 3.05) is 5.32 Å². The normalized spacial score (nSPS) is 11.8. The minimum atomic E-state index is -0.608. The Morgan fingerprint density at radius 3 is 2.61 bits per heavy atom. The standard InChI is InChI=1S/C23H27N5O5/c1-5-14-23(2,3)32-21(29)25-18-13-9-12-17(24-18)15-31-26-19(16-10-7-6-8-11-16)20-27-33-22(30)28(20)4/h6-13H,5,14-15H2,1-4H3,(H,24,25,29). The highest BCUT2D eigenvalue weighted by molar-refractivity contribution is 6.10. The Balaban J connectivity index is 1.71. The summed E-state index contributed by atoms with van der Waals surface area (Å²) in [4.78, 5) is 33.8. The third kappa shape index (κ3) is 6.52. The SMILES string of the molecule is CCCC(C)(C)OC(=O)Nc1cccc(CON=C(c2ccccc2)c2noc(=O)n2C)n1. The molecule has 0 aliphatic rings. The van der Waals surface area contributed by atoms with Crippen LogP contribution in [0.15, 0.2) is 63.0 Å². The molecule has 0 radical (unpaired) electrons. The zero-order valence-corrected chi connectivity index (χ0v) is 19.1. The van der Waals surface area contributed by atoms with E-state index in [1.54, 1.807) is 18.2 Å². The maximum atomic E-state index is 12.2. The fourth-order valence-electron chi connectivity index (χ4n) is 3.14. The van der Waals surface area contributed by atoms with Gasteiger partial charge in [0.25, 0.3) is 0 Å². The van der Waals surface area contributed by atoms with Crippen molar-refractivity contribution < 1.29 is 18.9 Å². The molecule has 10 nitrogen and oxygen atoms in total. The molecular weight excluding hydrogens is 426 g/mol.